The lowest BCUT2D eigenvalue weighted by Gasteiger charge is -2.34. The lowest BCUT2D eigenvalue weighted by atomic mass is 10.1. The summed E-state index contributed by atoms with van der Waals surface area (Å²) in [4.78, 5) is 22.7. The Morgan fingerprint density at radius 1 is 1.58 bits per heavy atom. The van der Waals surface area contributed by atoms with Gasteiger partial charge in [-0.2, -0.15) is 0 Å². The van der Waals surface area contributed by atoms with E-state index in [0.29, 0.717) is 0 Å². The number of morpholine rings is 1. The van der Waals surface area contributed by atoms with Gasteiger partial charge in [-0.15, -0.1) is 0 Å². The van der Waals surface area contributed by atoms with Crippen molar-refractivity contribution >= 4 is 17.3 Å². The van der Waals surface area contributed by atoms with Gasteiger partial charge in [-0.3, -0.25) is 10.1 Å². The lowest BCUT2D eigenvalue weighted by Crippen LogP contribution is -2.50. The Kier molecular flexibility index (Phi) is 3.61. The van der Waals surface area contributed by atoms with E-state index in [0.717, 1.165) is 18.2 Å². The molecule has 1 aromatic rings. The zero-order valence-corrected chi connectivity index (χ0v) is 9.78. The van der Waals surface area contributed by atoms with Crippen LogP contribution in [-0.4, -0.2) is 41.8 Å². The largest absolute Gasteiger partial charge is 0.480 e. The van der Waals surface area contributed by atoms with E-state index in [1.165, 1.54) is 4.90 Å². The van der Waals surface area contributed by atoms with Gasteiger partial charge in [0.05, 0.1) is 18.1 Å². The minimum Gasteiger partial charge on any atom is -0.480 e. The first-order valence-corrected chi connectivity index (χ1v) is 5.52. The van der Waals surface area contributed by atoms with Crippen LogP contribution in [-0.2, 0) is 9.53 Å². The van der Waals surface area contributed by atoms with Crippen molar-refractivity contribution in [2.75, 3.05) is 24.7 Å². The second-order valence-corrected chi connectivity index (χ2v) is 4.01. The van der Waals surface area contributed by atoms with Crippen LogP contribution in [0.15, 0.2) is 18.2 Å². The smallest absolute Gasteiger partial charge is 0.328 e. The van der Waals surface area contributed by atoms with Crippen molar-refractivity contribution in [3.05, 3.63) is 34.1 Å². The minimum absolute atomic E-state index is 0.0410. The molecule has 19 heavy (non-hydrogen) atoms. The van der Waals surface area contributed by atoms with Crippen molar-refractivity contribution in [3.8, 4) is 0 Å². The number of carbonyl (C=O) groups is 1. The van der Waals surface area contributed by atoms with Crippen LogP contribution in [0.2, 0.25) is 0 Å². The number of aliphatic carboxylic acids is 1. The number of nitro benzene ring substituents is 1. The van der Waals surface area contributed by atoms with E-state index >= 15 is 0 Å². The molecule has 1 aromatic carbocycles. The van der Waals surface area contributed by atoms with Crippen molar-refractivity contribution in [2.45, 2.75) is 6.04 Å². The fourth-order valence-electron chi connectivity index (χ4n) is 1.98. The molecule has 0 amide bonds. The Hall–Kier alpha value is -2.22. The van der Waals surface area contributed by atoms with E-state index in [1.807, 2.05) is 0 Å². The maximum Gasteiger partial charge on any atom is 0.328 e. The van der Waals surface area contributed by atoms with E-state index in [9.17, 15) is 19.3 Å². The molecular formula is C11H11FN2O5. The molecule has 1 atom stereocenters. The molecule has 102 valence electrons. The predicted molar refractivity (Wildman–Crippen MR) is 62.6 cm³/mol. The number of nitrogens with zero attached hydrogens (tertiary/aromatic N) is 2. The Labute approximate surface area is 107 Å². The Morgan fingerprint density at radius 2 is 2.32 bits per heavy atom. The van der Waals surface area contributed by atoms with E-state index in [4.69, 9.17) is 9.84 Å². The lowest BCUT2D eigenvalue weighted by molar-refractivity contribution is -0.384. The Balaban J connectivity index is 2.46. The molecule has 1 fully saturated rings. The van der Waals surface area contributed by atoms with Crippen LogP contribution in [0.5, 0.6) is 0 Å². The summed E-state index contributed by atoms with van der Waals surface area (Å²) in [5, 5.41) is 20.0. The third-order valence-corrected chi connectivity index (χ3v) is 2.86. The molecule has 1 unspecified atom stereocenters. The van der Waals surface area contributed by atoms with Gasteiger partial charge in [0.1, 0.15) is 11.5 Å². The Bertz CT molecular complexity index is 522. The second-order valence-electron chi connectivity index (χ2n) is 4.01. The van der Waals surface area contributed by atoms with Crippen LogP contribution in [0, 0.1) is 15.9 Å². The number of halogens is 1. The van der Waals surface area contributed by atoms with Gasteiger partial charge in [0.2, 0.25) is 0 Å². The van der Waals surface area contributed by atoms with Gasteiger partial charge in [-0.05, 0) is 6.07 Å². The van der Waals surface area contributed by atoms with Gasteiger partial charge < -0.3 is 14.7 Å². The van der Waals surface area contributed by atoms with Gasteiger partial charge in [0.15, 0.2) is 6.04 Å². The first-order valence-electron chi connectivity index (χ1n) is 5.52. The van der Waals surface area contributed by atoms with E-state index < -0.39 is 22.8 Å². The van der Waals surface area contributed by atoms with Crippen molar-refractivity contribution in [2.24, 2.45) is 0 Å². The molecule has 1 saturated heterocycles. The third kappa shape index (κ3) is 2.63. The van der Waals surface area contributed by atoms with Crippen LogP contribution in [0.1, 0.15) is 0 Å². The van der Waals surface area contributed by atoms with Gasteiger partial charge in [0, 0.05) is 18.7 Å². The second kappa shape index (κ2) is 5.19. The van der Waals surface area contributed by atoms with Crippen LogP contribution in [0.25, 0.3) is 0 Å². The number of hydrogen-bond donors (Lipinski definition) is 1. The molecule has 1 N–H and O–H groups in total. The molecule has 0 spiro atoms. The molecule has 1 heterocycles. The maximum absolute atomic E-state index is 13.3. The zero-order chi connectivity index (χ0) is 14.0. The summed E-state index contributed by atoms with van der Waals surface area (Å²) in [6.45, 7) is 0.293. The Morgan fingerprint density at radius 3 is 2.95 bits per heavy atom. The van der Waals surface area contributed by atoms with Gasteiger partial charge in [-0.25, -0.2) is 9.18 Å². The molecule has 0 bridgehead atoms. The summed E-state index contributed by atoms with van der Waals surface area (Å²) in [5.41, 5.74) is -0.366. The van der Waals surface area contributed by atoms with E-state index in [-0.39, 0.29) is 31.1 Å². The number of nitro groups is 1. The number of carboxylic acid groups (broad SMARTS) is 1. The number of hydrogen-bond acceptors (Lipinski definition) is 5. The summed E-state index contributed by atoms with van der Waals surface area (Å²) >= 11 is 0. The van der Waals surface area contributed by atoms with Crippen molar-refractivity contribution < 1.29 is 24.0 Å². The predicted octanol–water partition coefficient (Wildman–Crippen LogP) is 1.02. The topological polar surface area (TPSA) is 92.9 Å². The van der Waals surface area contributed by atoms with Crippen LogP contribution in [0.4, 0.5) is 15.8 Å². The van der Waals surface area contributed by atoms with Crippen molar-refractivity contribution in [3.63, 3.8) is 0 Å². The maximum atomic E-state index is 13.3. The SMILES string of the molecule is O=C(O)C1COCCN1c1cc(F)ccc1[N+](=O)[O-]. The molecule has 8 heteroatoms. The van der Waals surface area contributed by atoms with Gasteiger partial charge in [-0.1, -0.05) is 0 Å². The van der Waals surface area contributed by atoms with Crippen molar-refractivity contribution in [1.82, 2.24) is 0 Å². The molecular weight excluding hydrogens is 259 g/mol. The molecule has 2 rings (SSSR count). The first kappa shape index (κ1) is 13.2. The molecule has 1 aliphatic heterocycles. The van der Waals surface area contributed by atoms with Crippen LogP contribution in [0.3, 0.4) is 0 Å². The monoisotopic (exact) mass is 270 g/mol. The van der Waals surface area contributed by atoms with Crippen LogP contribution >= 0.6 is 0 Å². The average Bonchev–Trinajstić information content (AvgIpc) is 2.38. The van der Waals surface area contributed by atoms with Gasteiger partial charge >= 0.3 is 5.97 Å². The summed E-state index contributed by atoms with van der Waals surface area (Å²) < 4.78 is 18.3. The summed E-state index contributed by atoms with van der Waals surface area (Å²) in [5.74, 6) is -1.82. The summed E-state index contributed by atoms with van der Waals surface area (Å²) in [6.07, 6.45) is 0. The number of anilines is 1. The van der Waals surface area contributed by atoms with Gasteiger partial charge in [0.25, 0.3) is 5.69 Å². The normalized spacial score (nSPS) is 19.2. The van der Waals surface area contributed by atoms with Crippen LogP contribution < -0.4 is 4.90 Å². The van der Waals surface area contributed by atoms with E-state index in [2.05, 4.69) is 0 Å². The fraction of sp³-hybridized carbons (Fsp3) is 0.364. The number of ether oxygens (including phenoxy) is 1. The van der Waals surface area contributed by atoms with Crippen molar-refractivity contribution in [1.29, 1.82) is 0 Å². The summed E-state index contributed by atoms with van der Waals surface area (Å²) in [7, 11) is 0. The third-order valence-electron chi connectivity index (χ3n) is 2.86. The zero-order valence-electron chi connectivity index (χ0n) is 9.78. The average molecular weight is 270 g/mol. The fourth-order valence-corrected chi connectivity index (χ4v) is 1.98. The summed E-state index contributed by atoms with van der Waals surface area (Å²) in [6, 6.07) is 1.91. The van der Waals surface area contributed by atoms with E-state index in [1.54, 1.807) is 0 Å². The molecule has 7 nitrogen and oxygen atoms in total. The molecule has 0 aliphatic carbocycles. The molecule has 0 saturated carbocycles. The number of carboxylic acids is 1. The standard InChI is InChI=1S/C11H11FN2O5/c12-7-1-2-8(14(17)18)9(5-7)13-3-4-19-6-10(13)11(15)16/h1-2,5,10H,3-4,6H2,(H,15,16). The molecule has 0 aromatic heterocycles. The number of rotatable bonds is 3. The highest BCUT2D eigenvalue weighted by Gasteiger charge is 2.33. The number of benzene rings is 1. The quantitative estimate of drug-likeness (QED) is 0.651. The highest BCUT2D eigenvalue weighted by atomic mass is 19.1. The first-order chi connectivity index (χ1) is 9.00. The highest BCUT2D eigenvalue weighted by Crippen LogP contribution is 2.31. The minimum atomic E-state index is -1.17. The highest BCUT2D eigenvalue weighted by molar-refractivity contribution is 5.80. The molecule has 1 aliphatic rings. The molecule has 0 radical (unpaired) electrons.